The predicted molar refractivity (Wildman–Crippen MR) is 83.6 cm³/mol. The monoisotopic (exact) mass is 283 g/mol. The topological polar surface area (TPSA) is 57.4 Å². The van der Waals surface area contributed by atoms with Crippen LogP contribution < -0.4 is 11.3 Å². The minimum Gasteiger partial charge on any atom is -0.299 e. The van der Waals surface area contributed by atoms with Gasteiger partial charge in [-0.1, -0.05) is 24.3 Å². The second-order valence-corrected chi connectivity index (χ2v) is 5.97. The number of nitrogens with one attached hydrogen (secondary N) is 1. The number of pyridine rings is 1. The molecule has 5 nitrogen and oxygen atoms in total. The highest BCUT2D eigenvalue weighted by molar-refractivity contribution is 5.82. The Balaban J connectivity index is 1.75. The maximum atomic E-state index is 5.94. The molecule has 5 rings (SSSR count). The normalized spacial score (nSPS) is 29.7. The van der Waals surface area contributed by atoms with Gasteiger partial charge in [0.15, 0.2) is 0 Å². The van der Waals surface area contributed by atoms with Crippen molar-refractivity contribution in [3.05, 3.63) is 42.1 Å². The quantitative estimate of drug-likeness (QED) is 0.643. The maximum absolute atomic E-state index is 5.94. The van der Waals surface area contributed by atoms with Gasteiger partial charge < -0.3 is 0 Å². The Bertz CT molecular complexity index is 630. The van der Waals surface area contributed by atoms with Crippen LogP contribution in [-0.2, 0) is 0 Å². The summed E-state index contributed by atoms with van der Waals surface area (Å²) in [6, 6.07) is 11.0. The molecule has 0 radical (unpaired) electrons. The summed E-state index contributed by atoms with van der Waals surface area (Å²) in [6.45, 7) is 5.73. The van der Waals surface area contributed by atoms with Crippen molar-refractivity contribution < 1.29 is 0 Å². The zero-order valence-corrected chi connectivity index (χ0v) is 12.1. The van der Waals surface area contributed by atoms with Crippen molar-refractivity contribution in [3.8, 4) is 0 Å². The molecule has 3 aliphatic heterocycles. The lowest BCUT2D eigenvalue weighted by molar-refractivity contribution is -0.00350. The Hall–Kier alpha value is -1.53. The summed E-state index contributed by atoms with van der Waals surface area (Å²) in [5.41, 5.74) is 5.32. The van der Waals surface area contributed by atoms with Crippen LogP contribution in [0.25, 0.3) is 10.9 Å². The molecule has 3 saturated heterocycles. The van der Waals surface area contributed by atoms with E-state index in [1.54, 1.807) is 0 Å². The van der Waals surface area contributed by atoms with Crippen molar-refractivity contribution in [1.29, 1.82) is 0 Å². The van der Waals surface area contributed by atoms with Crippen molar-refractivity contribution in [1.82, 2.24) is 20.2 Å². The number of fused-ring (bicyclic) bond motifs is 4. The first-order chi connectivity index (χ1) is 10.4. The summed E-state index contributed by atoms with van der Waals surface area (Å²) in [5.74, 6) is 5.94. The Morgan fingerprint density at radius 2 is 1.95 bits per heavy atom. The lowest BCUT2D eigenvalue weighted by Gasteiger charge is -2.50. The molecule has 110 valence electrons. The van der Waals surface area contributed by atoms with Gasteiger partial charge in [0.2, 0.25) is 0 Å². The van der Waals surface area contributed by atoms with E-state index in [-0.39, 0.29) is 6.04 Å². The smallest absolute Gasteiger partial charge is 0.0750 e. The van der Waals surface area contributed by atoms with E-state index in [4.69, 9.17) is 5.84 Å². The first-order valence-corrected chi connectivity index (χ1v) is 7.63. The molecule has 1 aromatic heterocycles. The average Bonchev–Trinajstić information content (AvgIpc) is 2.57. The Kier molecular flexibility index (Phi) is 3.35. The van der Waals surface area contributed by atoms with Gasteiger partial charge in [-0.2, -0.15) is 0 Å². The SMILES string of the molecule is NNC(c1cccc2cccnc12)C1CN2CCN1CC2. The standard InChI is InChI=1S/C16H21N5/c17-19-16(14-11-20-7-9-21(14)10-8-20)13-5-1-3-12-4-2-6-18-15(12)13/h1-6,14,16,19H,7-11,17H2. The van der Waals surface area contributed by atoms with E-state index in [0.717, 1.165) is 25.2 Å². The second-order valence-electron chi connectivity index (χ2n) is 5.97. The molecule has 0 amide bonds. The van der Waals surface area contributed by atoms with Crippen molar-refractivity contribution in [2.75, 3.05) is 32.7 Å². The van der Waals surface area contributed by atoms with Gasteiger partial charge in [0.05, 0.1) is 11.6 Å². The van der Waals surface area contributed by atoms with Gasteiger partial charge in [-0.15, -0.1) is 0 Å². The van der Waals surface area contributed by atoms with Gasteiger partial charge in [0.25, 0.3) is 0 Å². The van der Waals surface area contributed by atoms with E-state index >= 15 is 0 Å². The number of piperazine rings is 3. The van der Waals surface area contributed by atoms with Gasteiger partial charge in [-0.3, -0.25) is 26.1 Å². The van der Waals surface area contributed by atoms with Crippen LogP contribution in [0.4, 0.5) is 0 Å². The molecular weight excluding hydrogens is 262 g/mol. The first kappa shape index (κ1) is 13.2. The molecule has 3 fully saturated rings. The number of benzene rings is 1. The van der Waals surface area contributed by atoms with E-state index in [1.807, 2.05) is 12.3 Å². The van der Waals surface area contributed by atoms with Gasteiger partial charge in [0, 0.05) is 50.3 Å². The molecule has 3 N–H and O–H groups in total. The number of hydrogen-bond acceptors (Lipinski definition) is 5. The Morgan fingerprint density at radius 3 is 2.67 bits per heavy atom. The fourth-order valence-corrected chi connectivity index (χ4v) is 3.76. The van der Waals surface area contributed by atoms with Crippen molar-refractivity contribution in [2.24, 2.45) is 5.84 Å². The van der Waals surface area contributed by atoms with E-state index in [1.165, 1.54) is 24.0 Å². The van der Waals surface area contributed by atoms with Crippen LogP contribution in [0.5, 0.6) is 0 Å². The van der Waals surface area contributed by atoms with Gasteiger partial charge in [-0.05, 0) is 11.6 Å². The molecule has 0 aliphatic carbocycles. The van der Waals surface area contributed by atoms with Crippen molar-refractivity contribution >= 4 is 10.9 Å². The van der Waals surface area contributed by atoms with E-state index < -0.39 is 0 Å². The molecule has 2 atom stereocenters. The lowest BCUT2D eigenvalue weighted by Crippen LogP contribution is -2.64. The third-order valence-corrected chi connectivity index (χ3v) is 4.88. The van der Waals surface area contributed by atoms with Crippen molar-refractivity contribution in [3.63, 3.8) is 0 Å². The molecule has 2 unspecified atom stereocenters. The fourth-order valence-electron chi connectivity index (χ4n) is 3.76. The Labute approximate surface area is 124 Å². The number of aromatic nitrogens is 1. The van der Waals surface area contributed by atoms with Crippen LogP contribution in [0.1, 0.15) is 11.6 Å². The number of hydrazine groups is 1. The van der Waals surface area contributed by atoms with E-state index in [0.29, 0.717) is 6.04 Å². The van der Waals surface area contributed by atoms with Crippen molar-refractivity contribution in [2.45, 2.75) is 12.1 Å². The molecule has 1 aromatic carbocycles. The number of rotatable bonds is 3. The number of nitrogens with zero attached hydrogens (tertiary/aromatic N) is 3. The molecule has 2 bridgehead atoms. The summed E-state index contributed by atoms with van der Waals surface area (Å²) in [4.78, 5) is 9.68. The van der Waals surface area contributed by atoms with Crippen LogP contribution in [0.2, 0.25) is 0 Å². The third-order valence-electron chi connectivity index (χ3n) is 4.88. The zero-order valence-electron chi connectivity index (χ0n) is 12.1. The van der Waals surface area contributed by atoms with Gasteiger partial charge in [0.1, 0.15) is 0 Å². The zero-order chi connectivity index (χ0) is 14.2. The molecule has 5 heteroatoms. The van der Waals surface area contributed by atoms with Gasteiger partial charge in [-0.25, -0.2) is 0 Å². The van der Waals surface area contributed by atoms with Crippen LogP contribution >= 0.6 is 0 Å². The molecule has 0 saturated carbocycles. The fraction of sp³-hybridized carbons (Fsp3) is 0.438. The lowest BCUT2D eigenvalue weighted by atomic mass is 9.93. The highest BCUT2D eigenvalue weighted by Gasteiger charge is 2.37. The number of para-hydroxylation sites is 1. The van der Waals surface area contributed by atoms with Crippen LogP contribution in [0.15, 0.2) is 36.5 Å². The highest BCUT2D eigenvalue weighted by atomic mass is 15.4. The molecular formula is C16H21N5. The minimum atomic E-state index is 0.117. The summed E-state index contributed by atoms with van der Waals surface area (Å²) in [6.07, 6.45) is 1.86. The van der Waals surface area contributed by atoms with Gasteiger partial charge >= 0.3 is 0 Å². The summed E-state index contributed by atoms with van der Waals surface area (Å²) >= 11 is 0. The molecule has 4 heterocycles. The summed E-state index contributed by atoms with van der Waals surface area (Å²) < 4.78 is 0. The van der Waals surface area contributed by atoms with Crippen LogP contribution in [0.3, 0.4) is 0 Å². The molecule has 2 aromatic rings. The highest BCUT2D eigenvalue weighted by Crippen LogP contribution is 2.30. The third kappa shape index (κ3) is 2.22. The number of nitrogens with two attached hydrogens (primary N) is 1. The van der Waals surface area contributed by atoms with E-state index in [9.17, 15) is 0 Å². The molecule has 3 aliphatic rings. The molecule has 21 heavy (non-hydrogen) atoms. The van der Waals surface area contributed by atoms with Crippen LogP contribution in [0, 0.1) is 0 Å². The maximum Gasteiger partial charge on any atom is 0.0750 e. The average molecular weight is 283 g/mol. The summed E-state index contributed by atoms with van der Waals surface area (Å²) in [7, 11) is 0. The first-order valence-electron chi connectivity index (χ1n) is 7.63. The van der Waals surface area contributed by atoms with E-state index in [2.05, 4.69) is 44.5 Å². The minimum absolute atomic E-state index is 0.117. The largest absolute Gasteiger partial charge is 0.299 e. The second kappa shape index (κ2) is 5.35. The van der Waals surface area contributed by atoms with Crippen LogP contribution in [-0.4, -0.2) is 53.5 Å². The molecule has 0 spiro atoms. The Morgan fingerprint density at radius 1 is 1.14 bits per heavy atom. The predicted octanol–water partition coefficient (Wildman–Crippen LogP) is 0.739. The number of hydrogen-bond donors (Lipinski definition) is 2. The summed E-state index contributed by atoms with van der Waals surface area (Å²) in [5, 5.41) is 1.17.